The maximum Gasteiger partial charge on any atom is 0.322 e. The summed E-state index contributed by atoms with van der Waals surface area (Å²) in [6.45, 7) is 2.21. The lowest BCUT2D eigenvalue weighted by Crippen LogP contribution is -2.52. The predicted molar refractivity (Wildman–Crippen MR) is 128 cm³/mol. The van der Waals surface area contributed by atoms with Crippen LogP contribution in [0.25, 0.3) is 0 Å². The molecule has 34 heavy (non-hydrogen) atoms. The number of hydrogen-bond donors (Lipinski definition) is 2. The summed E-state index contributed by atoms with van der Waals surface area (Å²) in [6, 6.07) is 11.7. The zero-order chi connectivity index (χ0) is 24.3. The molecular formula is C26H24N4O4. The van der Waals surface area contributed by atoms with Crippen LogP contribution < -0.4 is 15.4 Å². The number of allylic oxidation sites excluding steroid dienone is 2. The second-order valence-corrected chi connectivity index (χ2v) is 7.93. The van der Waals surface area contributed by atoms with Gasteiger partial charge in [-0.05, 0) is 54.3 Å². The number of methoxy groups -OCH3 is 1. The van der Waals surface area contributed by atoms with Crippen LogP contribution in [-0.2, 0) is 16.9 Å². The van der Waals surface area contributed by atoms with E-state index in [1.54, 1.807) is 48.3 Å². The van der Waals surface area contributed by atoms with E-state index in [1.165, 1.54) is 7.11 Å². The lowest BCUT2D eigenvalue weighted by atomic mass is 9.88. The molecule has 8 nitrogen and oxygen atoms in total. The Kier molecular flexibility index (Phi) is 6.19. The number of hydrogen-bond acceptors (Lipinski definition) is 5. The summed E-state index contributed by atoms with van der Waals surface area (Å²) in [5, 5.41) is 5.06. The average molecular weight is 457 g/mol. The number of nitrogens with zero attached hydrogens (tertiary/aromatic N) is 2. The largest absolute Gasteiger partial charge is 0.497 e. The third-order valence-corrected chi connectivity index (χ3v) is 5.84. The zero-order valence-corrected chi connectivity index (χ0v) is 19.1. The van der Waals surface area contributed by atoms with Crippen molar-refractivity contribution in [1.29, 1.82) is 0 Å². The van der Waals surface area contributed by atoms with Gasteiger partial charge < -0.3 is 15.0 Å². The van der Waals surface area contributed by atoms with Gasteiger partial charge in [0.1, 0.15) is 11.5 Å². The van der Waals surface area contributed by atoms with Crippen molar-refractivity contribution >= 4 is 23.6 Å². The normalized spacial score (nSPS) is 19.6. The topological polar surface area (TPSA) is 100 Å². The van der Waals surface area contributed by atoms with Crippen molar-refractivity contribution in [2.45, 2.75) is 19.0 Å². The van der Waals surface area contributed by atoms with E-state index in [4.69, 9.17) is 4.74 Å². The summed E-state index contributed by atoms with van der Waals surface area (Å²) in [6.07, 6.45) is 3.68. The van der Waals surface area contributed by atoms with E-state index in [-0.39, 0.29) is 12.5 Å². The summed E-state index contributed by atoms with van der Waals surface area (Å²) >= 11 is 0. The van der Waals surface area contributed by atoms with Crippen molar-refractivity contribution in [1.82, 2.24) is 15.5 Å². The highest BCUT2D eigenvalue weighted by Gasteiger charge is 2.50. The number of urea groups is 1. The first-order chi connectivity index (χ1) is 16.4. The van der Waals surface area contributed by atoms with Crippen LogP contribution in [0.4, 0.5) is 4.79 Å². The minimum atomic E-state index is -1.41. The van der Waals surface area contributed by atoms with Gasteiger partial charge in [-0.3, -0.25) is 19.9 Å². The van der Waals surface area contributed by atoms with Crippen molar-refractivity contribution in [3.63, 3.8) is 0 Å². The molecule has 2 aliphatic heterocycles. The predicted octanol–water partition coefficient (Wildman–Crippen LogP) is 2.38. The van der Waals surface area contributed by atoms with Gasteiger partial charge in [0.15, 0.2) is 5.54 Å². The molecular weight excluding hydrogens is 432 g/mol. The lowest BCUT2D eigenvalue weighted by molar-refractivity contribution is -0.124. The Labute approximate surface area is 197 Å². The Balaban J connectivity index is 1.63. The molecule has 0 radical (unpaired) electrons. The molecule has 4 amide bonds. The van der Waals surface area contributed by atoms with Gasteiger partial charge in [-0.2, -0.15) is 0 Å². The molecule has 4 rings (SSSR count). The van der Waals surface area contributed by atoms with Gasteiger partial charge in [-0.15, -0.1) is 0 Å². The average Bonchev–Trinajstić information content (AvgIpc) is 3.31. The fourth-order valence-electron chi connectivity index (χ4n) is 4.08. The van der Waals surface area contributed by atoms with Crippen LogP contribution in [0.3, 0.4) is 0 Å². The summed E-state index contributed by atoms with van der Waals surface area (Å²) in [5.41, 5.74) is 1.89. The highest BCUT2D eigenvalue weighted by molar-refractivity contribution is 6.09. The molecule has 0 unspecified atom stereocenters. The van der Waals surface area contributed by atoms with Crippen LogP contribution in [0.2, 0.25) is 0 Å². The molecule has 2 aromatic carbocycles. The number of rotatable bonds is 5. The van der Waals surface area contributed by atoms with Crippen molar-refractivity contribution in [3.8, 4) is 17.6 Å². The Hall–Kier alpha value is -4.38. The van der Waals surface area contributed by atoms with E-state index in [0.717, 1.165) is 11.1 Å². The van der Waals surface area contributed by atoms with Gasteiger partial charge >= 0.3 is 6.03 Å². The third kappa shape index (κ3) is 4.16. The SMILES string of the molecule is C/C=C\C(C#Cc1ccc([C@@]2(CN3Cc4ccc(OC)cc4C3=O)NC(=O)NC2=O)cc1)=NC. The van der Waals surface area contributed by atoms with Gasteiger partial charge in [0, 0.05) is 24.7 Å². The fourth-order valence-corrected chi connectivity index (χ4v) is 4.08. The van der Waals surface area contributed by atoms with Crippen molar-refractivity contribution < 1.29 is 19.1 Å². The maximum atomic E-state index is 13.1. The summed E-state index contributed by atoms with van der Waals surface area (Å²) in [4.78, 5) is 43.9. The fraction of sp³-hybridized carbons (Fsp3) is 0.231. The number of ether oxygens (including phenoxy) is 1. The van der Waals surface area contributed by atoms with Crippen molar-refractivity contribution in [2.24, 2.45) is 4.99 Å². The summed E-state index contributed by atoms with van der Waals surface area (Å²) in [5.74, 6) is 5.87. The minimum Gasteiger partial charge on any atom is -0.497 e. The number of amides is 4. The zero-order valence-electron chi connectivity index (χ0n) is 19.1. The van der Waals surface area contributed by atoms with Crippen LogP contribution in [-0.4, -0.2) is 49.2 Å². The van der Waals surface area contributed by atoms with Crippen LogP contribution in [0, 0.1) is 11.8 Å². The molecule has 1 saturated heterocycles. The van der Waals surface area contributed by atoms with Gasteiger partial charge in [0.05, 0.1) is 13.7 Å². The molecule has 2 aliphatic rings. The van der Waals surface area contributed by atoms with Crippen LogP contribution >= 0.6 is 0 Å². The molecule has 172 valence electrons. The summed E-state index contributed by atoms with van der Waals surface area (Å²) < 4.78 is 5.23. The van der Waals surface area contributed by atoms with Crippen LogP contribution in [0.5, 0.6) is 5.75 Å². The third-order valence-electron chi connectivity index (χ3n) is 5.84. The molecule has 1 atom stereocenters. The second-order valence-electron chi connectivity index (χ2n) is 7.93. The Bertz CT molecular complexity index is 1280. The quantitative estimate of drug-likeness (QED) is 0.410. The highest BCUT2D eigenvalue weighted by Crippen LogP contribution is 2.32. The first kappa shape index (κ1) is 22.8. The Morgan fingerprint density at radius 3 is 2.59 bits per heavy atom. The first-order valence-electron chi connectivity index (χ1n) is 10.7. The van der Waals surface area contributed by atoms with Crippen LogP contribution in [0.15, 0.2) is 59.6 Å². The number of fused-ring (bicyclic) bond motifs is 1. The number of imide groups is 1. The second kappa shape index (κ2) is 9.24. The van der Waals surface area contributed by atoms with E-state index >= 15 is 0 Å². The van der Waals surface area contributed by atoms with E-state index in [0.29, 0.717) is 29.1 Å². The molecule has 2 N–H and O–H groups in total. The Morgan fingerprint density at radius 1 is 1.21 bits per heavy atom. The molecule has 2 aromatic rings. The van der Waals surface area contributed by atoms with Gasteiger partial charge in [-0.25, -0.2) is 4.79 Å². The van der Waals surface area contributed by atoms with E-state index in [1.807, 2.05) is 25.1 Å². The molecule has 0 aliphatic carbocycles. The van der Waals surface area contributed by atoms with E-state index in [2.05, 4.69) is 27.5 Å². The maximum absolute atomic E-state index is 13.1. The van der Waals surface area contributed by atoms with Gasteiger partial charge in [0.25, 0.3) is 11.8 Å². The first-order valence-corrected chi connectivity index (χ1v) is 10.7. The number of nitrogens with one attached hydrogen (secondary N) is 2. The molecule has 0 bridgehead atoms. The summed E-state index contributed by atoms with van der Waals surface area (Å²) in [7, 11) is 3.21. The molecule has 0 spiro atoms. The standard InChI is InChI=1S/C26H24N4O4/c1-4-5-20(27-2)12-8-17-6-10-19(11-7-17)26(24(32)28-25(33)29-26)16-30-15-18-9-13-21(34-3)14-22(18)23(30)31/h4-7,9-11,13-14H,15-16H2,1-3H3,(H2,28,29,32,33)/b5-4-,27-20?/t26-/m1/s1. The lowest BCUT2D eigenvalue weighted by Gasteiger charge is -2.31. The monoisotopic (exact) mass is 456 g/mol. The minimum absolute atomic E-state index is 0.0145. The molecule has 2 heterocycles. The smallest absolute Gasteiger partial charge is 0.322 e. The van der Waals surface area contributed by atoms with Crippen LogP contribution in [0.1, 0.15) is 34.0 Å². The van der Waals surface area contributed by atoms with Gasteiger partial charge in [-0.1, -0.05) is 30.2 Å². The van der Waals surface area contributed by atoms with E-state index in [9.17, 15) is 14.4 Å². The number of carbonyl (C=O) groups is 3. The van der Waals surface area contributed by atoms with Crippen molar-refractivity contribution in [2.75, 3.05) is 20.7 Å². The molecule has 0 aromatic heterocycles. The van der Waals surface area contributed by atoms with Crippen molar-refractivity contribution in [3.05, 3.63) is 76.9 Å². The number of aliphatic imine (C=N–C) groups is 1. The highest BCUT2D eigenvalue weighted by atomic mass is 16.5. The molecule has 8 heteroatoms. The molecule has 0 saturated carbocycles. The number of carbonyl (C=O) groups excluding carboxylic acids is 3. The van der Waals surface area contributed by atoms with Gasteiger partial charge in [0.2, 0.25) is 0 Å². The number of benzene rings is 2. The molecule has 1 fully saturated rings. The van der Waals surface area contributed by atoms with E-state index < -0.39 is 17.5 Å². The Morgan fingerprint density at radius 2 is 1.97 bits per heavy atom.